The number of nitrogens with one attached hydrogen (secondary N) is 2. The lowest BCUT2D eigenvalue weighted by molar-refractivity contribution is -0.118. The van der Waals surface area contributed by atoms with E-state index in [1.54, 1.807) is 12.1 Å². The number of carbonyl (C=O) groups excluding carboxylic acids is 2. The highest BCUT2D eigenvalue weighted by Crippen LogP contribution is 2.45. The van der Waals surface area contributed by atoms with Crippen LogP contribution in [0, 0.1) is 5.41 Å². The van der Waals surface area contributed by atoms with Crippen LogP contribution < -0.4 is 10.6 Å². The van der Waals surface area contributed by atoms with Gasteiger partial charge in [-0.15, -0.1) is 0 Å². The average Bonchev–Trinajstić information content (AvgIpc) is 2.60. The van der Waals surface area contributed by atoms with Crippen LogP contribution in [0.5, 0.6) is 0 Å². The minimum absolute atomic E-state index is 0.0802. The molecule has 26 heavy (non-hydrogen) atoms. The highest BCUT2D eigenvalue weighted by Gasteiger charge is 2.40. The summed E-state index contributed by atoms with van der Waals surface area (Å²) in [4.78, 5) is 25.7. The van der Waals surface area contributed by atoms with E-state index in [1.807, 2.05) is 42.5 Å². The highest BCUT2D eigenvalue weighted by molar-refractivity contribution is 6.02. The van der Waals surface area contributed by atoms with E-state index < -0.39 is 6.04 Å². The van der Waals surface area contributed by atoms with Gasteiger partial charge in [-0.1, -0.05) is 50.2 Å². The first-order valence-corrected chi connectivity index (χ1v) is 8.93. The van der Waals surface area contributed by atoms with Gasteiger partial charge in [-0.05, 0) is 30.0 Å². The highest BCUT2D eigenvalue weighted by atomic mass is 16.2. The molecular formula is C22H22N2O2. The lowest BCUT2D eigenvalue weighted by Crippen LogP contribution is -2.40. The zero-order chi connectivity index (χ0) is 18.3. The third kappa shape index (κ3) is 2.92. The van der Waals surface area contributed by atoms with Crippen molar-refractivity contribution in [1.82, 2.24) is 5.32 Å². The Balaban J connectivity index is 1.76. The fourth-order valence-electron chi connectivity index (χ4n) is 3.92. The molecular weight excluding hydrogens is 324 g/mol. The molecule has 0 radical (unpaired) electrons. The van der Waals surface area contributed by atoms with Crippen molar-refractivity contribution in [3.8, 4) is 0 Å². The summed E-state index contributed by atoms with van der Waals surface area (Å²) < 4.78 is 0. The van der Waals surface area contributed by atoms with Crippen molar-refractivity contribution >= 4 is 17.4 Å². The maximum Gasteiger partial charge on any atom is 0.252 e. The predicted molar refractivity (Wildman–Crippen MR) is 102 cm³/mol. The number of benzene rings is 2. The van der Waals surface area contributed by atoms with Gasteiger partial charge in [0.25, 0.3) is 5.91 Å². The molecule has 2 aliphatic rings. The molecule has 2 aromatic carbocycles. The van der Waals surface area contributed by atoms with Crippen LogP contribution in [-0.2, 0) is 4.79 Å². The molecule has 4 nitrogen and oxygen atoms in total. The van der Waals surface area contributed by atoms with Crippen molar-refractivity contribution in [2.24, 2.45) is 5.41 Å². The van der Waals surface area contributed by atoms with Gasteiger partial charge in [-0.3, -0.25) is 9.59 Å². The Hall–Kier alpha value is -2.88. The largest absolute Gasteiger partial charge is 0.358 e. The quantitative estimate of drug-likeness (QED) is 0.856. The monoisotopic (exact) mass is 346 g/mol. The number of Topliss-reactive ketones (excluding diaryl/α,β-unsaturated/α-hetero) is 1. The third-order valence-corrected chi connectivity index (χ3v) is 5.08. The smallest absolute Gasteiger partial charge is 0.252 e. The van der Waals surface area contributed by atoms with Crippen LogP contribution in [0.2, 0.25) is 0 Å². The molecule has 0 unspecified atom stereocenters. The Morgan fingerprint density at radius 1 is 1.04 bits per heavy atom. The molecule has 0 aromatic heterocycles. The molecule has 4 heteroatoms. The maximum atomic E-state index is 12.9. The van der Waals surface area contributed by atoms with Gasteiger partial charge < -0.3 is 10.6 Å². The molecule has 1 amide bonds. The summed E-state index contributed by atoms with van der Waals surface area (Å²) in [5.74, 6) is -0.0617. The topological polar surface area (TPSA) is 58.2 Å². The lowest BCUT2D eigenvalue weighted by Gasteiger charge is -2.39. The molecule has 0 spiro atoms. The Morgan fingerprint density at radius 2 is 1.73 bits per heavy atom. The molecule has 4 rings (SSSR count). The fourth-order valence-corrected chi connectivity index (χ4v) is 3.92. The molecule has 0 saturated carbocycles. The van der Waals surface area contributed by atoms with E-state index in [2.05, 4.69) is 24.5 Å². The summed E-state index contributed by atoms with van der Waals surface area (Å²) in [6.07, 6.45) is 1.29. The summed E-state index contributed by atoms with van der Waals surface area (Å²) in [5, 5.41) is 6.53. The summed E-state index contributed by atoms with van der Waals surface area (Å²) >= 11 is 0. The molecule has 0 fully saturated rings. The molecule has 2 N–H and O–H groups in total. The second kappa shape index (κ2) is 6.13. The summed E-state index contributed by atoms with van der Waals surface area (Å²) in [7, 11) is 0. The van der Waals surface area contributed by atoms with Gasteiger partial charge in [-0.25, -0.2) is 0 Å². The molecule has 1 heterocycles. The number of allylic oxidation sites excluding steroid dienone is 1. The standard InChI is InChI=1S/C22H22N2O2/c1-22(2)12-17-19(18(25)13-22)20(15-10-6-7-11-16(15)23-17)24-21(26)14-8-4-3-5-9-14/h3-11,20,23H,12-13H2,1-2H3,(H,24,26)/t20-/m1/s1. The number of fused-ring (bicyclic) bond motifs is 1. The number of rotatable bonds is 2. The number of anilines is 1. The van der Waals surface area contributed by atoms with Gasteiger partial charge in [-0.2, -0.15) is 0 Å². The Labute approximate surface area is 153 Å². The second-order valence-electron chi connectivity index (χ2n) is 7.82. The van der Waals surface area contributed by atoms with Gasteiger partial charge in [0.05, 0.1) is 6.04 Å². The number of hydrogen-bond donors (Lipinski definition) is 2. The summed E-state index contributed by atoms with van der Waals surface area (Å²) in [5.41, 5.74) is 4.03. The van der Waals surface area contributed by atoms with E-state index in [1.165, 1.54) is 0 Å². The minimum atomic E-state index is -0.418. The van der Waals surface area contributed by atoms with E-state index in [0.717, 1.165) is 23.4 Å². The lowest BCUT2D eigenvalue weighted by atomic mass is 9.72. The van der Waals surface area contributed by atoms with Gasteiger partial charge >= 0.3 is 0 Å². The van der Waals surface area contributed by atoms with Gasteiger partial charge in [0.15, 0.2) is 5.78 Å². The number of para-hydroxylation sites is 1. The van der Waals surface area contributed by atoms with Crippen LogP contribution >= 0.6 is 0 Å². The normalized spacial score (nSPS) is 20.7. The van der Waals surface area contributed by atoms with Crippen LogP contribution in [0.15, 0.2) is 65.9 Å². The predicted octanol–water partition coefficient (Wildman–Crippen LogP) is 4.23. The van der Waals surface area contributed by atoms with Crippen molar-refractivity contribution in [3.63, 3.8) is 0 Å². The zero-order valence-corrected chi connectivity index (χ0v) is 15.0. The van der Waals surface area contributed by atoms with Crippen molar-refractivity contribution in [1.29, 1.82) is 0 Å². The van der Waals surface area contributed by atoms with Crippen molar-refractivity contribution in [2.75, 3.05) is 5.32 Å². The van der Waals surface area contributed by atoms with E-state index in [-0.39, 0.29) is 17.1 Å². The van der Waals surface area contributed by atoms with Gasteiger partial charge in [0.1, 0.15) is 0 Å². The Bertz CT molecular complexity index is 913. The molecule has 1 aliphatic heterocycles. The number of amides is 1. The summed E-state index contributed by atoms with van der Waals surface area (Å²) in [6.45, 7) is 4.21. The Morgan fingerprint density at radius 3 is 2.50 bits per heavy atom. The molecule has 0 bridgehead atoms. The van der Waals surface area contributed by atoms with Crippen LogP contribution in [0.4, 0.5) is 5.69 Å². The first-order valence-electron chi connectivity index (χ1n) is 8.93. The zero-order valence-electron chi connectivity index (χ0n) is 15.0. The van der Waals surface area contributed by atoms with Crippen LogP contribution in [0.1, 0.15) is 48.7 Å². The van der Waals surface area contributed by atoms with Gasteiger partial charge in [0, 0.05) is 34.5 Å². The average molecular weight is 346 g/mol. The SMILES string of the molecule is CC1(C)CC(=O)C2=C(C1)Nc1ccccc1[C@H]2NC(=O)c1ccccc1. The first-order chi connectivity index (χ1) is 12.4. The van der Waals surface area contributed by atoms with Crippen LogP contribution in [-0.4, -0.2) is 11.7 Å². The second-order valence-corrected chi connectivity index (χ2v) is 7.82. The molecule has 1 aliphatic carbocycles. The number of carbonyl (C=O) groups is 2. The molecule has 0 saturated heterocycles. The summed E-state index contributed by atoms with van der Waals surface area (Å²) in [6, 6.07) is 16.6. The first kappa shape index (κ1) is 16.6. The van der Waals surface area contributed by atoms with Gasteiger partial charge in [0.2, 0.25) is 0 Å². The van der Waals surface area contributed by atoms with E-state index >= 15 is 0 Å². The maximum absolute atomic E-state index is 12.9. The van der Waals surface area contributed by atoms with E-state index in [0.29, 0.717) is 17.6 Å². The van der Waals surface area contributed by atoms with Crippen LogP contribution in [0.25, 0.3) is 0 Å². The number of hydrogen-bond acceptors (Lipinski definition) is 3. The van der Waals surface area contributed by atoms with Crippen molar-refractivity contribution in [3.05, 3.63) is 77.0 Å². The van der Waals surface area contributed by atoms with E-state index in [4.69, 9.17) is 0 Å². The third-order valence-electron chi connectivity index (χ3n) is 5.08. The van der Waals surface area contributed by atoms with Crippen LogP contribution in [0.3, 0.4) is 0 Å². The van der Waals surface area contributed by atoms with Crippen molar-refractivity contribution in [2.45, 2.75) is 32.7 Å². The minimum Gasteiger partial charge on any atom is -0.358 e. The molecule has 2 aromatic rings. The van der Waals surface area contributed by atoms with Crippen molar-refractivity contribution < 1.29 is 9.59 Å². The Kier molecular flexibility index (Phi) is 3.91. The van der Waals surface area contributed by atoms with E-state index in [9.17, 15) is 9.59 Å². The fraction of sp³-hybridized carbons (Fsp3) is 0.273. The molecule has 132 valence electrons. The number of ketones is 1. The molecule has 1 atom stereocenters.